The molecule has 10 heteroatoms. The van der Waals surface area contributed by atoms with Crippen LogP contribution in [0.25, 0.3) is 11.4 Å². The minimum Gasteiger partial charge on any atom is -0.336 e. The lowest BCUT2D eigenvalue weighted by molar-refractivity contribution is 0.0659. The fourth-order valence-electron chi connectivity index (χ4n) is 3.96. The lowest BCUT2D eigenvalue weighted by Gasteiger charge is -2.32. The normalized spacial score (nSPS) is 14.7. The van der Waals surface area contributed by atoms with Gasteiger partial charge in [-0.2, -0.15) is 0 Å². The van der Waals surface area contributed by atoms with Crippen LogP contribution in [0.1, 0.15) is 36.1 Å². The van der Waals surface area contributed by atoms with Crippen LogP contribution in [0.2, 0.25) is 0 Å². The number of likely N-dealkylation sites (N-methyl/N-ethyl adjacent to an activating group) is 1. The van der Waals surface area contributed by atoms with E-state index in [4.69, 9.17) is 0 Å². The number of imidazole rings is 1. The molecule has 0 radical (unpaired) electrons. The van der Waals surface area contributed by atoms with Crippen molar-refractivity contribution in [3.8, 4) is 11.4 Å². The van der Waals surface area contributed by atoms with E-state index >= 15 is 0 Å². The van der Waals surface area contributed by atoms with Crippen LogP contribution in [0, 0.1) is 18.6 Å². The molecule has 0 aliphatic carbocycles. The number of carbonyl (C=O) groups is 1. The number of amides is 1. The van der Waals surface area contributed by atoms with Crippen molar-refractivity contribution in [1.82, 2.24) is 29.3 Å². The molecule has 3 aromatic rings. The molecule has 174 valence electrons. The highest BCUT2D eigenvalue weighted by Crippen LogP contribution is 2.27. The molecule has 0 unspecified atom stereocenters. The third-order valence-corrected chi connectivity index (χ3v) is 5.73. The first-order valence-corrected chi connectivity index (χ1v) is 10.9. The van der Waals surface area contributed by atoms with Crippen molar-refractivity contribution in [3.63, 3.8) is 0 Å². The summed E-state index contributed by atoms with van der Waals surface area (Å²) in [6.45, 7) is 8.43. The van der Waals surface area contributed by atoms with Gasteiger partial charge in [0.2, 0.25) is 5.95 Å². The fourth-order valence-corrected chi connectivity index (χ4v) is 3.96. The molecule has 1 saturated heterocycles. The molecule has 1 aliphatic rings. The SMILES string of the molecule is Cc1ncc(-c2nc(Nc3ccc(C(=O)N4CCN(C)CC4)c(F)c3)ncc2F)n1C(C)C. The number of nitrogens with zero attached hydrogens (tertiary/aromatic N) is 6. The highest BCUT2D eigenvalue weighted by atomic mass is 19.1. The Morgan fingerprint density at radius 2 is 1.79 bits per heavy atom. The number of aryl methyl sites for hydroxylation is 1. The molecule has 33 heavy (non-hydrogen) atoms. The summed E-state index contributed by atoms with van der Waals surface area (Å²) in [6.07, 6.45) is 2.64. The second kappa shape index (κ2) is 9.22. The first-order valence-electron chi connectivity index (χ1n) is 10.9. The largest absolute Gasteiger partial charge is 0.336 e. The van der Waals surface area contributed by atoms with E-state index in [1.54, 1.807) is 17.2 Å². The minimum atomic E-state index is -0.639. The molecule has 1 aliphatic heterocycles. The molecular formula is C23H27F2N7O. The maximum atomic E-state index is 14.8. The molecule has 0 atom stereocenters. The Morgan fingerprint density at radius 1 is 1.06 bits per heavy atom. The quantitative estimate of drug-likeness (QED) is 0.633. The lowest BCUT2D eigenvalue weighted by atomic mass is 10.1. The van der Waals surface area contributed by atoms with Crippen LogP contribution in [-0.2, 0) is 0 Å². The molecule has 4 rings (SSSR count). The van der Waals surface area contributed by atoms with Crippen LogP contribution >= 0.6 is 0 Å². The van der Waals surface area contributed by atoms with Crippen molar-refractivity contribution in [3.05, 3.63) is 53.6 Å². The van der Waals surface area contributed by atoms with Gasteiger partial charge in [-0.1, -0.05) is 0 Å². The van der Waals surface area contributed by atoms with Crippen molar-refractivity contribution in [2.45, 2.75) is 26.8 Å². The maximum Gasteiger partial charge on any atom is 0.256 e. The third kappa shape index (κ3) is 4.70. The number of halogens is 2. The number of hydrogen-bond donors (Lipinski definition) is 1. The zero-order valence-corrected chi connectivity index (χ0v) is 19.1. The molecule has 0 bridgehead atoms. The second-order valence-electron chi connectivity index (χ2n) is 8.46. The Labute approximate surface area is 191 Å². The van der Waals surface area contributed by atoms with Crippen molar-refractivity contribution in [2.24, 2.45) is 0 Å². The van der Waals surface area contributed by atoms with E-state index in [0.717, 1.165) is 25.1 Å². The van der Waals surface area contributed by atoms with Gasteiger partial charge in [0, 0.05) is 37.9 Å². The van der Waals surface area contributed by atoms with Gasteiger partial charge in [0.1, 0.15) is 17.3 Å². The van der Waals surface area contributed by atoms with E-state index < -0.39 is 11.6 Å². The van der Waals surface area contributed by atoms with Crippen LogP contribution in [0.4, 0.5) is 20.4 Å². The summed E-state index contributed by atoms with van der Waals surface area (Å²) in [5, 5.41) is 2.90. The Morgan fingerprint density at radius 3 is 2.45 bits per heavy atom. The molecule has 2 aromatic heterocycles. The van der Waals surface area contributed by atoms with Crippen molar-refractivity contribution in [2.75, 3.05) is 38.5 Å². The monoisotopic (exact) mass is 455 g/mol. The summed E-state index contributed by atoms with van der Waals surface area (Å²) in [4.78, 5) is 29.0. The molecule has 1 amide bonds. The summed E-state index contributed by atoms with van der Waals surface area (Å²) in [7, 11) is 1.99. The number of carbonyl (C=O) groups excluding carboxylic acids is 1. The number of benzene rings is 1. The number of piperazine rings is 1. The van der Waals surface area contributed by atoms with Crippen molar-refractivity contribution < 1.29 is 13.6 Å². The van der Waals surface area contributed by atoms with Crippen LogP contribution < -0.4 is 5.32 Å². The van der Waals surface area contributed by atoms with Gasteiger partial charge in [-0.25, -0.2) is 23.7 Å². The molecule has 0 spiro atoms. The minimum absolute atomic E-state index is 0.0159. The van der Waals surface area contributed by atoms with Gasteiger partial charge in [0.15, 0.2) is 5.82 Å². The van der Waals surface area contributed by atoms with E-state index in [0.29, 0.717) is 24.5 Å². The standard InChI is InChI=1S/C23H27F2N7O/c1-14(2)32-15(3)26-13-20(32)21-19(25)12-27-23(29-21)28-16-5-6-17(18(24)11-16)22(33)31-9-7-30(4)8-10-31/h5-6,11-14H,7-10H2,1-4H3,(H,27,28,29). The van der Waals surface area contributed by atoms with E-state index in [2.05, 4.69) is 25.2 Å². The van der Waals surface area contributed by atoms with E-state index in [1.165, 1.54) is 12.1 Å². The molecule has 0 saturated carbocycles. The van der Waals surface area contributed by atoms with Gasteiger partial charge < -0.3 is 19.7 Å². The number of hydrogen-bond acceptors (Lipinski definition) is 6. The average molecular weight is 456 g/mol. The molecule has 1 N–H and O–H groups in total. The topological polar surface area (TPSA) is 79.2 Å². The number of rotatable bonds is 5. The predicted octanol–water partition coefficient (Wildman–Crippen LogP) is 3.64. The summed E-state index contributed by atoms with van der Waals surface area (Å²) in [6, 6.07) is 4.31. The first kappa shape index (κ1) is 22.8. The van der Waals surface area contributed by atoms with E-state index in [9.17, 15) is 13.6 Å². The summed E-state index contributed by atoms with van der Waals surface area (Å²) < 4.78 is 31.2. The second-order valence-corrected chi connectivity index (χ2v) is 8.46. The zero-order chi connectivity index (χ0) is 23.7. The average Bonchev–Trinajstić information content (AvgIpc) is 3.17. The highest BCUT2D eigenvalue weighted by molar-refractivity contribution is 5.95. The Balaban J connectivity index is 1.56. The molecule has 1 aromatic carbocycles. The van der Waals surface area contributed by atoms with Crippen LogP contribution in [-0.4, -0.2) is 68.5 Å². The number of aromatic nitrogens is 4. The molecular weight excluding hydrogens is 428 g/mol. The summed E-state index contributed by atoms with van der Waals surface area (Å²) in [5.41, 5.74) is 1.00. The van der Waals surface area contributed by atoms with Gasteiger partial charge in [0.25, 0.3) is 5.91 Å². The van der Waals surface area contributed by atoms with Gasteiger partial charge in [-0.05, 0) is 46.0 Å². The van der Waals surface area contributed by atoms with Gasteiger partial charge in [0.05, 0.1) is 23.7 Å². The van der Waals surface area contributed by atoms with E-state index in [-0.39, 0.29) is 29.2 Å². The Hall–Kier alpha value is -3.40. The summed E-state index contributed by atoms with van der Waals surface area (Å²) >= 11 is 0. The number of nitrogens with one attached hydrogen (secondary N) is 1. The summed E-state index contributed by atoms with van der Waals surface area (Å²) in [5.74, 6) is -0.695. The lowest BCUT2D eigenvalue weighted by Crippen LogP contribution is -2.47. The first-order chi connectivity index (χ1) is 15.7. The Bertz CT molecular complexity index is 1170. The van der Waals surface area contributed by atoms with Crippen molar-refractivity contribution in [1.29, 1.82) is 0 Å². The Kier molecular flexibility index (Phi) is 6.37. The third-order valence-electron chi connectivity index (χ3n) is 5.73. The molecule has 8 nitrogen and oxygen atoms in total. The van der Waals surface area contributed by atoms with E-state index in [1.807, 2.05) is 32.4 Å². The zero-order valence-electron chi connectivity index (χ0n) is 19.1. The number of anilines is 2. The predicted molar refractivity (Wildman–Crippen MR) is 121 cm³/mol. The van der Waals surface area contributed by atoms with Crippen LogP contribution in [0.15, 0.2) is 30.6 Å². The molecule has 3 heterocycles. The van der Waals surface area contributed by atoms with Gasteiger partial charge in [-0.3, -0.25) is 4.79 Å². The van der Waals surface area contributed by atoms with Gasteiger partial charge in [-0.15, -0.1) is 0 Å². The smallest absolute Gasteiger partial charge is 0.256 e. The van der Waals surface area contributed by atoms with Crippen molar-refractivity contribution >= 4 is 17.5 Å². The van der Waals surface area contributed by atoms with Crippen LogP contribution in [0.3, 0.4) is 0 Å². The van der Waals surface area contributed by atoms with Crippen LogP contribution in [0.5, 0.6) is 0 Å². The highest BCUT2D eigenvalue weighted by Gasteiger charge is 2.23. The van der Waals surface area contributed by atoms with Gasteiger partial charge >= 0.3 is 0 Å². The maximum absolute atomic E-state index is 14.8. The molecule has 1 fully saturated rings. The fraction of sp³-hybridized carbons (Fsp3) is 0.391.